The third-order valence-electron chi connectivity index (χ3n) is 2.72. The van der Waals surface area contributed by atoms with Crippen LogP contribution >= 0.6 is 11.3 Å². The summed E-state index contributed by atoms with van der Waals surface area (Å²) in [6.45, 7) is 2.74. The molecule has 0 aliphatic rings. The highest BCUT2D eigenvalue weighted by Gasteiger charge is 2.03. The van der Waals surface area contributed by atoms with E-state index in [-0.39, 0.29) is 0 Å². The van der Waals surface area contributed by atoms with Gasteiger partial charge < -0.3 is 9.73 Å². The summed E-state index contributed by atoms with van der Waals surface area (Å²) in [5, 5.41) is 6.52. The Morgan fingerprint density at radius 3 is 3.05 bits per heavy atom. The minimum absolute atomic E-state index is 0.726. The largest absolute Gasteiger partial charge is 0.444 e. The molecule has 96 valence electrons. The maximum atomic E-state index is 5.29. The second-order valence-electron chi connectivity index (χ2n) is 4.16. The van der Waals surface area contributed by atoms with Gasteiger partial charge in [-0.05, 0) is 19.1 Å². The number of nitrogens with zero attached hydrogens (tertiary/aromatic N) is 2. The van der Waals surface area contributed by atoms with Gasteiger partial charge in [0.15, 0.2) is 12.2 Å². The molecule has 0 saturated carbocycles. The van der Waals surface area contributed by atoms with E-state index in [0.717, 1.165) is 34.3 Å². The minimum Gasteiger partial charge on any atom is -0.444 e. The van der Waals surface area contributed by atoms with E-state index in [1.165, 1.54) is 6.39 Å². The molecule has 2 heterocycles. The highest BCUT2D eigenvalue weighted by atomic mass is 32.1. The van der Waals surface area contributed by atoms with E-state index in [4.69, 9.17) is 4.42 Å². The monoisotopic (exact) mass is 271 g/mol. The number of hydrogen-bond donors (Lipinski definition) is 1. The van der Waals surface area contributed by atoms with Crippen molar-refractivity contribution in [1.82, 2.24) is 9.97 Å². The first kappa shape index (κ1) is 11.9. The van der Waals surface area contributed by atoms with Crippen LogP contribution in [0.5, 0.6) is 0 Å². The number of aryl methyl sites for hydroxylation is 1. The van der Waals surface area contributed by atoms with E-state index in [9.17, 15) is 0 Å². The normalized spacial score (nSPS) is 10.6. The van der Waals surface area contributed by atoms with E-state index >= 15 is 0 Å². The number of anilines is 1. The standard InChI is InChI=1S/C14H13N3OS/c1-10-17-13(8-19-10)6-16-12-4-2-3-11(5-12)14-7-15-9-18-14/h2-5,7-9,16H,6H2,1H3. The van der Waals surface area contributed by atoms with Gasteiger partial charge in [0.25, 0.3) is 0 Å². The number of rotatable bonds is 4. The molecule has 0 saturated heterocycles. The summed E-state index contributed by atoms with van der Waals surface area (Å²) in [6.07, 6.45) is 3.15. The van der Waals surface area contributed by atoms with Gasteiger partial charge in [0.05, 0.1) is 23.4 Å². The van der Waals surface area contributed by atoms with Gasteiger partial charge in [0.1, 0.15) is 0 Å². The summed E-state index contributed by atoms with van der Waals surface area (Å²) in [4.78, 5) is 8.35. The quantitative estimate of drug-likeness (QED) is 0.785. The molecule has 0 aliphatic heterocycles. The first-order valence-electron chi connectivity index (χ1n) is 5.95. The van der Waals surface area contributed by atoms with Gasteiger partial charge in [-0.25, -0.2) is 9.97 Å². The molecular weight excluding hydrogens is 258 g/mol. The molecular formula is C14H13N3OS. The number of aromatic nitrogens is 2. The van der Waals surface area contributed by atoms with Crippen LogP contribution in [0.1, 0.15) is 10.7 Å². The van der Waals surface area contributed by atoms with E-state index in [2.05, 4.69) is 20.7 Å². The predicted molar refractivity (Wildman–Crippen MR) is 76.1 cm³/mol. The summed E-state index contributed by atoms with van der Waals surface area (Å²) < 4.78 is 5.29. The minimum atomic E-state index is 0.726. The number of nitrogens with one attached hydrogen (secondary N) is 1. The Kier molecular flexibility index (Phi) is 3.29. The molecule has 0 fully saturated rings. The predicted octanol–water partition coefficient (Wildman–Crippen LogP) is 3.72. The molecule has 0 amide bonds. The zero-order valence-corrected chi connectivity index (χ0v) is 11.3. The van der Waals surface area contributed by atoms with Gasteiger partial charge in [-0.2, -0.15) is 0 Å². The fraction of sp³-hybridized carbons (Fsp3) is 0.143. The van der Waals surface area contributed by atoms with Gasteiger partial charge in [-0.15, -0.1) is 11.3 Å². The molecule has 3 rings (SSSR count). The SMILES string of the molecule is Cc1nc(CNc2cccc(-c3cnco3)c2)cs1. The Morgan fingerprint density at radius 1 is 1.37 bits per heavy atom. The van der Waals surface area contributed by atoms with Crippen molar-refractivity contribution < 1.29 is 4.42 Å². The molecule has 0 unspecified atom stereocenters. The molecule has 3 aromatic rings. The first-order valence-corrected chi connectivity index (χ1v) is 6.83. The summed E-state index contributed by atoms with van der Waals surface area (Å²) >= 11 is 1.67. The highest BCUT2D eigenvalue weighted by Crippen LogP contribution is 2.22. The number of thiazole rings is 1. The molecule has 0 spiro atoms. The van der Waals surface area contributed by atoms with Crippen molar-refractivity contribution in [3.05, 3.63) is 52.9 Å². The van der Waals surface area contributed by atoms with Crippen LogP contribution in [0, 0.1) is 6.92 Å². The Hall–Kier alpha value is -2.14. The van der Waals surface area contributed by atoms with Crippen LogP contribution < -0.4 is 5.32 Å². The fourth-order valence-electron chi connectivity index (χ4n) is 1.82. The Morgan fingerprint density at radius 2 is 2.32 bits per heavy atom. The maximum Gasteiger partial charge on any atom is 0.181 e. The summed E-state index contributed by atoms with van der Waals surface area (Å²) in [5.74, 6) is 0.771. The molecule has 0 bridgehead atoms. The number of hydrogen-bond acceptors (Lipinski definition) is 5. The summed E-state index contributed by atoms with van der Waals surface area (Å²) in [5.41, 5.74) is 3.11. The van der Waals surface area contributed by atoms with E-state index < -0.39 is 0 Å². The smallest absolute Gasteiger partial charge is 0.181 e. The Labute approximate surface area is 115 Å². The molecule has 2 aromatic heterocycles. The average molecular weight is 271 g/mol. The van der Waals surface area contributed by atoms with E-state index in [0.29, 0.717) is 0 Å². The fourth-order valence-corrected chi connectivity index (χ4v) is 2.44. The van der Waals surface area contributed by atoms with Gasteiger partial charge >= 0.3 is 0 Å². The molecule has 0 aliphatic carbocycles. The van der Waals surface area contributed by atoms with Crippen LogP contribution in [0.25, 0.3) is 11.3 Å². The van der Waals surface area contributed by atoms with Gasteiger partial charge in [0.2, 0.25) is 0 Å². The van der Waals surface area contributed by atoms with Gasteiger partial charge in [0, 0.05) is 16.6 Å². The van der Waals surface area contributed by atoms with Crippen molar-refractivity contribution in [2.75, 3.05) is 5.32 Å². The van der Waals surface area contributed by atoms with Gasteiger partial charge in [-0.3, -0.25) is 0 Å². The molecule has 0 atom stereocenters. The van der Waals surface area contributed by atoms with Crippen LogP contribution in [-0.4, -0.2) is 9.97 Å². The molecule has 19 heavy (non-hydrogen) atoms. The summed E-state index contributed by atoms with van der Waals surface area (Å²) in [7, 11) is 0. The first-order chi connectivity index (χ1) is 9.31. The van der Waals surface area contributed by atoms with Crippen LogP contribution in [-0.2, 0) is 6.54 Å². The lowest BCUT2D eigenvalue weighted by atomic mass is 10.1. The Bertz CT molecular complexity index is 661. The lowest BCUT2D eigenvalue weighted by molar-refractivity contribution is 0.572. The molecule has 4 nitrogen and oxygen atoms in total. The third-order valence-corrected chi connectivity index (χ3v) is 3.54. The zero-order valence-electron chi connectivity index (χ0n) is 10.5. The van der Waals surface area contributed by atoms with Crippen LogP contribution in [0.15, 0.2) is 46.7 Å². The number of oxazole rings is 1. The lowest BCUT2D eigenvalue weighted by Gasteiger charge is -2.05. The Balaban J connectivity index is 1.73. The highest BCUT2D eigenvalue weighted by molar-refractivity contribution is 7.09. The topological polar surface area (TPSA) is 51.0 Å². The van der Waals surface area contributed by atoms with Crippen LogP contribution in [0.2, 0.25) is 0 Å². The molecule has 5 heteroatoms. The van der Waals surface area contributed by atoms with Gasteiger partial charge in [-0.1, -0.05) is 12.1 Å². The van der Waals surface area contributed by atoms with Crippen LogP contribution in [0.4, 0.5) is 5.69 Å². The van der Waals surface area contributed by atoms with Crippen molar-refractivity contribution in [3.63, 3.8) is 0 Å². The summed E-state index contributed by atoms with van der Waals surface area (Å²) in [6, 6.07) is 8.06. The van der Waals surface area contributed by atoms with Crippen molar-refractivity contribution >= 4 is 17.0 Å². The van der Waals surface area contributed by atoms with Crippen molar-refractivity contribution in [1.29, 1.82) is 0 Å². The molecule has 0 radical (unpaired) electrons. The van der Waals surface area contributed by atoms with Crippen molar-refractivity contribution in [2.24, 2.45) is 0 Å². The van der Waals surface area contributed by atoms with E-state index in [1.54, 1.807) is 17.5 Å². The molecule has 1 N–H and O–H groups in total. The molecule has 1 aromatic carbocycles. The van der Waals surface area contributed by atoms with Crippen LogP contribution in [0.3, 0.4) is 0 Å². The maximum absolute atomic E-state index is 5.29. The average Bonchev–Trinajstić information content (AvgIpc) is 3.08. The zero-order chi connectivity index (χ0) is 13.1. The van der Waals surface area contributed by atoms with Crippen molar-refractivity contribution in [2.45, 2.75) is 13.5 Å². The number of benzene rings is 1. The lowest BCUT2D eigenvalue weighted by Crippen LogP contribution is -1.99. The second-order valence-corrected chi connectivity index (χ2v) is 5.22. The van der Waals surface area contributed by atoms with E-state index in [1.807, 2.05) is 31.2 Å². The third kappa shape index (κ3) is 2.82. The second kappa shape index (κ2) is 5.24. The van der Waals surface area contributed by atoms with Crippen molar-refractivity contribution in [3.8, 4) is 11.3 Å².